The first-order valence-electron chi connectivity index (χ1n) is 7.55. The summed E-state index contributed by atoms with van der Waals surface area (Å²) in [4.78, 5) is 2.09. The number of halogens is 3. The second-order valence-electron chi connectivity index (χ2n) is 5.83. The van der Waals surface area contributed by atoms with E-state index in [1.54, 1.807) is 0 Å². The van der Waals surface area contributed by atoms with Crippen LogP contribution in [0.4, 0.5) is 13.2 Å². The fraction of sp³-hybridized carbons (Fsp3) is 0.667. The van der Waals surface area contributed by atoms with Crippen LogP contribution in [0, 0.1) is 28.6 Å². The van der Waals surface area contributed by atoms with Crippen molar-refractivity contribution in [3.8, 4) is 12.1 Å². The topological polar surface area (TPSA) is 79.5 Å². The second-order valence-corrected chi connectivity index (χ2v) is 5.83. The van der Waals surface area contributed by atoms with Crippen LogP contribution >= 0.6 is 0 Å². The molecule has 5 nitrogen and oxygen atoms in total. The number of aromatic amines is 1. The molecule has 1 saturated heterocycles. The lowest BCUT2D eigenvalue weighted by atomic mass is 9.93. The van der Waals surface area contributed by atoms with Gasteiger partial charge in [0.05, 0.1) is 18.1 Å². The number of aromatic nitrogens is 2. The molecule has 2 heterocycles. The lowest BCUT2D eigenvalue weighted by Gasteiger charge is -2.33. The molecular formula is C15H18F3N5. The summed E-state index contributed by atoms with van der Waals surface area (Å²) in [7, 11) is 0. The van der Waals surface area contributed by atoms with E-state index in [1.165, 1.54) is 0 Å². The molecule has 1 aromatic rings. The van der Waals surface area contributed by atoms with Crippen molar-refractivity contribution >= 4 is 0 Å². The summed E-state index contributed by atoms with van der Waals surface area (Å²) in [6, 6.07) is 5.31. The van der Waals surface area contributed by atoms with Crippen LogP contribution in [0.2, 0.25) is 0 Å². The predicted octanol–water partition coefficient (Wildman–Crippen LogP) is 3.05. The molecule has 2 rings (SSSR count). The van der Waals surface area contributed by atoms with E-state index in [0.29, 0.717) is 31.6 Å². The van der Waals surface area contributed by atoms with E-state index in [2.05, 4.69) is 21.2 Å². The highest BCUT2D eigenvalue weighted by molar-refractivity contribution is 5.16. The van der Waals surface area contributed by atoms with Crippen LogP contribution in [-0.4, -0.2) is 34.7 Å². The van der Waals surface area contributed by atoms with Crippen LogP contribution in [0.25, 0.3) is 0 Å². The highest BCUT2D eigenvalue weighted by atomic mass is 19.4. The van der Waals surface area contributed by atoms with Crippen molar-refractivity contribution < 1.29 is 13.2 Å². The summed E-state index contributed by atoms with van der Waals surface area (Å²) in [5, 5.41) is 23.6. The zero-order chi connectivity index (χ0) is 16.9. The van der Waals surface area contributed by atoms with Crippen molar-refractivity contribution in [1.29, 1.82) is 10.5 Å². The zero-order valence-electron chi connectivity index (χ0n) is 12.6. The summed E-state index contributed by atoms with van der Waals surface area (Å²) in [6.07, 6.45) is -1.92. The normalized spacial score (nSPS) is 20.7. The van der Waals surface area contributed by atoms with Crippen LogP contribution in [0.5, 0.6) is 0 Å². The fourth-order valence-corrected chi connectivity index (χ4v) is 2.91. The van der Waals surface area contributed by atoms with Crippen LogP contribution in [0.15, 0.2) is 6.07 Å². The third-order valence-electron chi connectivity index (χ3n) is 4.10. The molecule has 124 valence electrons. The Morgan fingerprint density at radius 1 is 1.43 bits per heavy atom. The molecule has 8 heteroatoms. The molecule has 1 fully saturated rings. The van der Waals surface area contributed by atoms with Crippen molar-refractivity contribution in [2.75, 3.05) is 19.6 Å². The predicted molar refractivity (Wildman–Crippen MR) is 76.0 cm³/mol. The number of H-pyrrole nitrogens is 1. The van der Waals surface area contributed by atoms with Gasteiger partial charge in [0.1, 0.15) is 0 Å². The Bertz CT molecular complexity index is 595. The minimum Gasteiger partial charge on any atom is -0.301 e. The molecule has 1 N–H and O–H groups in total. The molecule has 0 amide bonds. The molecule has 1 aliphatic heterocycles. The van der Waals surface area contributed by atoms with E-state index in [4.69, 9.17) is 10.5 Å². The summed E-state index contributed by atoms with van der Waals surface area (Å²) in [6.45, 7) is 1.97. The van der Waals surface area contributed by atoms with Crippen LogP contribution in [-0.2, 0) is 6.18 Å². The average Bonchev–Trinajstić information content (AvgIpc) is 3.02. The molecule has 0 aromatic carbocycles. The number of hydrogen-bond acceptors (Lipinski definition) is 4. The first kappa shape index (κ1) is 17.3. The van der Waals surface area contributed by atoms with Crippen LogP contribution in [0.1, 0.15) is 43.0 Å². The molecule has 0 bridgehead atoms. The van der Waals surface area contributed by atoms with Gasteiger partial charge in [0.15, 0.2) is 5.69 Å². The first-order valence-corrected chi connectivity index (χ1v) is 7.55. The summed E-state index contributed by atoms with van der Waals surface area (Å²) in [5.41, 5.74) is -0.402. The van der Waals surface area contributed by atoms with Gasteiger partial charge in [-0.1, -0.05) is 0 Å². The molecule has 0 saturated carbocycles. The van der Waals surface area contributed by atoms with E-state index in [-0.39, 0.29) is 11.8 Å². The number of piperidine rings is 1. The van der Waals surface area contributed by atoms with E-state index >= 15 is 0 Å². The number of nitrogens with one attached hydrogen (secondary N) is 1. The lowest BCUT2D eigenvalue weighted by Crippen LogP contribution is -2.37. The molecule has 2 atom stereocenters. The quantitative estimate of drug-likeness (QED) is 0.902. The van der Waals surface area contributed by atoms with Crippen molar-refractivity contribution in [3.63, 3.8) is 0 Å². The van der Waals surface area contributed by atoms with Gasteiger partial charge in [-0.15, -0.1) is 0 Å². The molecule has 1 aliphatic rings. The Balaban J connectivity index is 1.97. The van der Waals surface area contributed by atoms with Crippen LogP contribution < -0.4 is 0 Å². The lowest BCUT2D eigenvalue weighted by molar-refractivity contribution is -0.141. The van der Waals surface area contributed by atoms with Gasteiger partial charge >= 0.3 is 6.18 Å². The number of likely N-dealkylation sites (tertiary alicyclic amines) is 1. The summed E-state index contributed by atoms with van der Waals surface area (Å²) >= 11 is 0. The second kappa shape index (κ2) is 7.47. The summed E-state index contributed by atoms with van der Waals surface area (Å²) < 4.78 is 37.9. The Labute approximate surface area is 132 Å². The van der Waals surface area contributed by atoms with Crippen LogP contribution in [0.3, 0.4) is 0 Å². The Kier molecular flexibility index (Phi) is 5.62. The average molecular weight is 325 g/mol. The van der Waals surface area contributed by atoms with Crippen molar-refractivity contribution in [3.05, 3.63) is 17.5 Å². The Morgan fingerprint density at radius 3 is 2.83 bits per heavy atom. The molecule has 0 aliphatic carbocycles. The zero-order valence-corrected chi connectivity index (χ0v) is 12.6. The van der Waals surface area contributed by atoms with Crippen molar-refractivity contribution in [2.45, 2.75) is 37.8 Å². The maximum Gasteiger partial charge on any atom is 0.435 e. The maximum atomic E-state index is 12.6. The smallest absolute Gasteiger partial charge is 0.301 e. The van der Waals surface area contributed by atoms with Gasteiger partial charge < -0.3 is 4.90 Å². The number of rotatable bonds is 5. The van der Waals surface area contributed by atoms with Gasteiger partial charge in [-0.2, -0.15) is 28.8 Å². The SMILES string of the molecule is N#CCCC(C#N)CN1CCCC(c2cc(C(F)(F)F)n[nH]2)C1. The first-order chi connectivity index (χ1) is 10.9. The van der Waals surface area contributed by atoms with E-state index in [1.807, 2.05) is 6.07 Å². The third kappa shape index (κ3) is 4.70. The van der Waals surface area contributed by atoms with Crippen molar-refractivity contribution in [1.82, 2.24) is 15.1 Å². The molecule has 0 radical (unpaired) electrons. The largest absolute Gasteiger partial charge is 0.435 e. The van der Waals surface area contributed by atoms with E-state index in [0.717, 1.165) is 25.5 Å². The fourth-order valence-electron chi connectivity index (χ4n) is 2.91. The third-order valence-corrected chi connectivity index (χ3v) is 4.10. The standard InChI is InChI=1S/C15H18F3N5/c16-15(17,18)14-7-13(21-22-14)12-4-2-6-23(10-12)9-11(8-20)3-1-5-19/h7,11-12H,1-4,6,9-10H2,(H,21,22). The highest BCUT2D eigenvalue weighted by Gasteiger charge is 2.35. The number of alkyl halides is 3. The minimum absolute atomic E-state index is 0.0392. The van der Waals surface area contributed by atoms with Gasteiger partial charge in [0, 0.05) is 31.1 Å². The molecular weight excluding hydrogens is 307 g/mol. The minimum atomic E-state index is -4.44. The van der Waals surface area contributed by atoms with Gasteiger partial charge in [0.2, 0.25) is 0 Å². The molecule has 23 heavy (non-hydrogen) atoms. The maximum absolute atomic E-state index is 12.6. The number of hydrogen-bond donors (Lipinski definition) is 1. The Morgan fingerprint density at radius 2 is 2.22 bits per heavy atom. The Hall–Kier alpha value is -2.06. The summed E-state index contributed by atoms with van der Waals surface area (Å²) in [5.74, 6) is -0.261. The molecule has 0 spiro atoms. The van der Waals surface area contributed by atoms with E-state index in [9.17, 15) is 13.2 Å². The van der Waals surface area contributed by atoms with Crippen molar-refractivity contribution in [2.24, 2.45) is 5.92 Å². The van der Waals surface area contributed by atoms with E-state index < -0.39 is 11.9 Å². The van der Waals surface area contributed by atoms with Gasteiger partial charge in [-0.3, -0.25) is 5.10 Å². The van der Waals surface area contributed by atoms with Gasteiger partial charge in [0.25, 0.3) is 0 Å². The number of nitrogens with zero attached hydrogens (tertiary/aromatic N) is 4. The molecule has 2 unspecified atom stereocenters. The monoisotopic (exact) mass is 325 g/mol. The van der Waals surface area contributed by atoms with Gasteiger partial charge in [-0.05, 0) is 31.9 Å². The highest BCUT2D eigenvalue weighted by Crippen LogP contribution is 2.32. The number of nitriles is 2. The van der Waals surface area contributed by atoms with Gasteiger partial charge in [-0.25, -0.2) is 0 Å². The molecule has 1 aromatic heterocycles.